The molecule has 0 radical (unpaired) electrons. The van der Waals surface area contributed by atoms with Gasteiger partial charge in [0.15, 0.2) is 5.82 Å². The van der Waals surface area contributed by atoms with Crippen molar-refractivity contribution in [2.45, 2.75) is 31.1 Å². The van der Waals surface area contributed by atoms with E-state index < -0.39 is 30.7 Å². The summed E-state index contributed by atoms with van der Waals surface area (Å²) in [6.45, 7) is -1.44. The number of carbonyl (C=O) groups is 1. The van der Waals surface area contributed by atoms with Gasteiger partial charge in [0.2, 0.25) is 5.91 Å². The Balaban J connectivity index is 1.68. The average molecular weight is 450 g/mol. The van der Waals surface area contributed by atoms with E-state index in [1.807, 2.05) is 5.32 Å². The summed E-state index contributed by atoms with van der Waals surface area (Å²) in [5.74, 6) is -0.241. The highest BCUT2D eigenvalue weighted by Gasteiger charge is 2.40. The third kappa shape index (κ3) is 4.25. The van der Waals surface area contributed by atoms with Crippen molar-refractivity contribution in [3.05, 3.63) is 35.7 Å². The molecule has 0 bridgehead atoms. The first kappa shape index (κ1) is 20.9. The lowest BCUT2D eigenvalue weighted by Gasteiger charge is -2.27. The molecular weight excluding hydrogens is 435 g/mol. The number of nitriles is 1. The summed E-state index contributed by atoms with van der Waals surface area (Å²) >= 11 is 6.04. The van der Waals surface area contributed by atoms with E-state index in [9.17, 15) is 23.2 Å². The van der Waals surface area contributed by atoms with Crippen LogP contribution in [-0.4, -0.2) is 50.6 Å². The van der Waals surface area contributed by atoms with E-state index in [2.05, 4.69) is 26.0 Å². The molecule has 0 spiro atoms. The summed E-state index contributed by atoms with van der Waals surface area (Å²) in [7, 11) is 0. The van der Waals surface area contributed by atoms with Crippen LogP contribution in [0.1, 0.15) is 12.8 Å². The molecule has 1 amide bonds. The third-order valence-electron chi connectivity index (χ3n) is 4.94. The predicted molar refractivity (Wildman–Crippen MR) is 106 cm³/mol. The molecule has 1 aliphatic heterocycles. The number of nitrogens with one attached hydrogen (secondary N) is 2. The predicted octanol–water partition coefficient (Wildman–Crippen LogP) is 3.21. The number of nitrogens with zero attached hydrogens (tertiary/aromatic N) is 5. The maximum absolute atomic E-state index is 12.5. The Kier molecular flexibility index (Phi) is 5.41. The fraction of sp³-hybridized carbons (Fsp3) is 0.316. The van der Waals surface area contributed by atoms with Crippen LogP contribution in [0.15, 0.2) is 30.7 Å². The lowest BCUT2D eigenvalue weighted by atomic mass is 10.2. The number of fused-ring (bicyclic) bond motifs is 1. The quantitative estimate of drug-likeness (QED) is 0.632. The van der Waals surface area contributed by atoms with Crippen molar-refractivity contribution in [3.63, 3.8) is 0 Å². The van der Waals surface area contributed by atoms with Gasteiger partial charge in [0.05, 0.1) is 11.1 Å². The molecule has 31 heavy (non-hydrogen) atoms. The van der Waals surface area contributed by atoms with Crippen LogP contribution >= 0.6 is 11.6 Å². The molecule has 3 aromatic heterocycles. The van der Waals surface area contributed by atoms with Gasteiger partial charge in [-0.25, -0.2) is 15.0 Å². The average Bonchev–Trinajstić information content (AvgIpc) is 3.35. The molecule has 160 valence electrons. The Morgan fingerprint density at radius 2 is 2.19 bits per heavy atom. The summed E-state index contributed by atoms with van der Waals surface area (Å²) in [6.07, 6.45) is 0.645. The normalized spacial score (nSPS) is 18.9. The highest BCUT2D eigenvalue weighted by atomic mass is 35.5. The first-order valence-corrected chi connectivity index (χ1v) is 9.63. The lowest BCUT2D eigenvalue weighted by Crippen LogP contribution is -2.48. The number of carbonyl (C=O) groups excluding carboxylic acids is 1. The molecule has 4 heterocycles. The van der Waals surface area contributed by atoms with Gasteiger partial charge in [-0.3, -0.25) is 4.79 Å². The maximum atomic E-state index is 12.5. The second-order valence-corrected chi connectivity index (χ2v) is 7.41. The molecular formula is C19H15ClF3N7O. The molecule has 0 aliphatic carbocycles. The number of pyridine rings is 1. The molecule has 4 rings (SSSR count). The summed E-state index contributed by atoms with van der Waals surface area (Å²) in [5.41, 5.74) is 1.19. The van der Waals surface area contributed by atoms with Crippen molar-refractivity contribution >= 4 is 34.4 Å². The van der Waals surface area contributed by atoms with Gasteiger partial charge >= 0.3 is 6.18 Å². The van der Waals surface area contributed by atoms with Crippen molar-refractivity contribution in [3.8, 4) is 17.5 Å². The molecule has 0 unspecified atom stereocenters. The standard InChI is InChI=1S/C19H15ClF3N7O/c20-10-5-12-13(8-27-16(12)26-7-10)17-25-4-3-15(29-17)30-11(6-24)1-2-14(30)18(31)28-9-19(21,22)23/h3-5,7-8,11,14H,1-2,9H2,(H,26,27)(H,28,31)/t11-,14+/m0/s1. The lowest BCUT2D eigenvalue weighted by molar-refractivity contribution is -0.139. The second kappa shape index (κ2) is 8.03. The van der Waals surface area contributed by atoms with Gasteiger partial charge in [0, 0.05) is 29.5 Å². The van der Waals surface area contributed by atoms with Crippen molar-refractivity contribution in [1.29, 1.82) is 5.26 Å². The van der Waals surface area contributed by atoms with Gasteiger partial charge in [-0.1, -0.05) is 11.6 Å². The maximum Gasteiger partial charge on any atom is 0.405 e. The molecule has 1 aliphatic rings. The zero-order valence-electron chi connectivity index (χ0n) is 15.8. The molecule has 0 saturated carbocycles. The van der Waals surface area contributed by atoms with Crippen molar-refractivity contribution < 1.29 is 18.0 Å². The molecule has 1 fully saturated rings. The van der Waals surface area contributed by atoms with Gasteiger partial charge in [-0.15, -0.1) is 0 Å². The summed E-state index contributed by atoms with van der Waals surface area (Å²) in [6, 6.07) is 3.65. The number of anilines is 1. The van der Waals surface area contributed by atoms with Gasteiger partial charge in [-0.05, 0) is 25.0 Å². The van der Waals surface area contributed by atoms with E-state index in [0.29, 0.717) is 33.9 Å². The molecule has 2 atom stereocenters. The van der Waals surface area contributed by atoms with Crippen LogP contribution in [0.4, 0.5) is 19.0 Å². The smallest absolute Gasteiger partial charge is 0.345 e. The van der Waals surface area contributed by atoms with E-state index >= 15 is 0 Å². The molecule has 8 nitrogen and oxygen atoms in total. The number of H-pyrrole nitrogens is 1. The van der Waals surface area contributed by atoms with Gasteiger partial charge in [0.25, 0.3) is 0 Å². The highest BCUT2D eigenvalue weighted by Crippen LogP contribution is 2.32. The Morgan fingerprint density at radius 1 is 1.39 bits per heavy atom. The Morgan fingerprint density at radius 3 is 2.94 bits per heavy atom. The molecule has 1 saturated heterocycles. The number of amides is 1. The summed E-state index contributed by atoms with van der Waals surface area (Å²) < 4.78 is 37.5. The van der Waals surface area contributed by atoms with Gasteiger partial charge in [0.1, 0.15) is 30.1 Å². The molecule has 12 heteroatoms. The monoisotopic (exact) mass is 449 g/mol. The Hall–Kier alpha value is -3.39. The van der Waals surface area contributed by atoms with Crippen LogP contribution < -0.4 is 10.2 Å². The van der Waals surface area contributed by atoms with Crippen molar-refractivity contribution in [2.24, 2.45) is 0 Å². The molecule has 3 aromatic rings. The minimum Gasteiger partial charge on any atom is -0.345 e. The van der Waals surface area contributed by atoms with Crippen LogP contribution in [0.3, 0.4) is 0 Å². The zero-order valence-corrected chi connectivity index (χ0v) is 16.6. The minimum atomic E-state index is -4.53. The van der Waals surface area contributed by atoms with E-state index in [1.165, 1.54) is 23.4 Å². The summed E-state index contributed by atoms with van der Waals surface area (Å²) in [4.78, 5) is 29.8. The van der Waals surface area contributed by atoms with E-state index in [-0.39, 0.29) is 12.2 Å². The first-order chi connectivity index (χ1) is 14.8. The van der Waals surface area contributed by atoms with E-state index in [0.717, 1.165) is 0 Å². The Bertz CT molecular complexity index is 1170. The number of hydrogen-bond donors (Lipinski definition) is 2. The topological polar surface area (TPSA) is 111 Å². The van der Waals surface area contributed by atoms with Crippen molar-refractivity contribution in [2.75, 3.05) is 11.4 Å². The number of alkyl halides is 3. The number of hydrogen-bond acceptors (Lipinski definition) is 6. The van der Waals surface area contributed by atoms with Gasteiger partial charge in [-0.2, -0.15) is 18.4 Å². The number of rotatable bonds is 4. The zero-order chi connectivity index (χ0) is 22.2. The van der Waals surface area contributed by atoms with Crippen LogP contribution in [0.2, 0.25) is 5.02 Å². The second-order valence-electron chi connectivity index (χ2n) is 6.97. The fourth-order valence-electron chi connectivity index (χ4n) is 3.61. The first-order valence-electron chi connectivity index (χ1n) is 9.25. The van der Waals surface area contributed by atoms with Crippen LogP contribution in [0, 0.1) is 11.3 Å². The van der Waals surface area contributed by atoms with E-state index in [4.69, 9.17) is 11.6 Å². The Labute approximate surface area is 179 Å². The number of aromatic nitrogens is 4. The number of aromatic amines is 1. The SMILES string of the molecule is N#C[C@@H]1CC[C@H](C(=O)NCC(F)(F)F)N1c1ccnc(-c2c[nH]c3ncc(Cl)cc23)n1. The molecule has 2 N–H and O–H groups in total. The third-order valence-corrected chi connectivity index (χ3v) is 5.15. The van der Waals surface area contributed by atoms with Crippen molar-refractivity contribution in [1.82, 2.24) is 25.3 Å². The largest absolute Gasteiger partial charge is 0.405 e. The van der Waals surface area contributed by atoms with Crippen LogP contribution in [-0.2, 0) is 4.79 Å². The number of halogens is 4. The minimum absolute atomic E-state index is 0.230. The molecule has 0 aromatic carbocycles. The van der Waals surface area contributed by atoms with Gasteiger partial charge < -0.3 is 15.2 Å². The van der Waals surface area contributed by atoms with Crippen LogP contribution in [0.5, 0.6) is 0 Å². The fourth-order valence-corrected chi connectivity index (χ4v) is 3.76. The van der Waals surface area contributed by atoms with E-state index in [1.54, 1.807) is 12.3 Å². The van der Waals surface area contributed by atoms with Crippen LogP contribution in [0.25, 0.3) is 22.4 Å². The summed E-state index contributed by atoms with van der Waals surface area (Å²) in [5, 5.41) is 12.5. The highest BCUT2D eigenvalue weighted by molar-refractivity contribution is 6.31.